The minimum Gasteiger partial charge on any atom is -0.497 e. The zero-order chi connectivity index (χ0) is 18.9. The van der Waals surface area contributed by atoms with E-state index in [1.165, 1.54) is 14.2 Å². The molecule has 0 saturated carbocycles. The van der Waals surface area contributed by atoms with Gasteiger partial charge in [-0.25, -0.2) is 0 Å². The standard InChI is InChI=1S/C19H22N2O5/c1-24-14-9-7-13(8-10-14)11-20-17(22)12-21-19(23)18-15(25-2)5-4-6-16(18)26-3/h4-10H,11-12H2,1-3H3,(H,20,22)(H,21,23). The number of hydrogen-bond donors (Lipinski definition) is 2. The first-order valence-corrected chi connectivity index (χ1v) is 7.97. The fourth-order valence-electron chi connectivity index (χ4n) is 2.33. The molecule has 0 aliphatic heterocycles. The highest BCUT2D eigenvalue weighted by Gasteiger charge is 2.18. The molecule has 138 valence electrons. The third-order valence-corrected chi connectivity index (χ3v) is 3.71. The summed E-state index contributed by atoms with van der Waals surface area (Å²) in [6.45, 7) is 0.201. The van der Waals surface area contributed by atoms with Crippen LogP contribution in [0.4, 0.5) is 0 Å². The number of methoxy groups -OCH3 is 3. The van der Waals surface area contributed by atoms with Gasteiger partial charge < -0.3 is 24.8 Å². The Morgan fingerprint density at radius 3 is 2.00 bits per heavy atom. The van der Waals surface area contributed by atoms with Gasteiger partial charge in [0.1, 0.15) is 22.8 Å². The van der Waals surface area contributed by atoms with E-state index < -0.39 is 5.91 Å². The molecule has 2 aromatic rings. The van der Waals surface area contributed by atoms with Gasteiger partial charge in [0.15, 0.2) is 0 Å². The van der Waals surface area contributed by atoms with Crippen molar-refractivity contribution in [2.75, 3.05) is 27.9 Å². The Hall–Kier alpha value is -3.22. The molecule has 2 N–H and O–H groups in total. The van der Waals surface area contributed by atoms with Crippen LogP contribution in [0.2, 0.25) is 0 Å². The second kappa shape index (κ2) is 9.31. The number of nitrogens with one attached hydrogen (secondary N) is 2. The molecule has 2 rings (SSSR count). The highest BCUT2D eigenvalue weighted by molar-refractivity contribution is 6.01. The fraction of sp³-hybridized carbons (Fsp3) is 0.263. The molecule has 0 atom stereocenters. The van der Waals surface area contributed by atoms with Crippen molar-refractivity contribution in [2.45, 2.75) is 6.54 Å². The largest absolute Gasteiger partial charge is 0.497 e. The van der Waals surface area contributed by atoms with Crippen LogP contribution < -0.4 is 24.8 Å². The number of carbonyl (C=O) groups excluding carboxylic acids is 2. The van der Waals surface area contributed by atoms with Gasteiger partial charge in [-0.15, -0.1) is 0 Å². The van der Waals surface area contributed by atoms with Crippen LogP contribution in [-0.4, -0.2) is 39.7 Å². The Labute approximate surface area is 152 Å². The molecule has 0 saturated heterocycles. The van der Waals surface area contributed by atoms with Crippen molar-refractivity contribution in [1.82, 2.24) is 10.6 Å². The lowest BCUT2D eigenvalue weighted by Crippen LogP contribution is -2.36. The molecule has 0 radical (unpaired) electrons. The van der Waals surface area contributed by atoms with Crippen molar-refractivity contribution >= 4 is 11.8 Å². The molecule has 2 amide bonds. The van der Waals surface area contributed by atoms with E-state index in [0.717, 1.165) is 11.3 Å². The maximum atomic E-state index is 12.4. The maximum Gasteiger partial charge on any atom is 0.259 e. The van der Waals surface area contributed by atoms with Gasteiger partial charge in [-0.05, 0) is 29.8 Å². The monoisotopic (exact) mass is 358 g/mol. The Balaban J connectivity index is 1.89. The third kappa shape index (κ3) is 4.89. The smallest absolute Gasteiger partial charge is 0.259 e. The second-order valence-electron chi connectivity index (χ2n) is 5.35. The molecule has 26 heavy (non-hydrogen) atoms. The van der Waals surface area contributed by atoms with E-state index in [0.29, 0.717) is 18.0 Å². The van der Waals surface area contributed by atoms with Crippen molar-refractivity contribution < 1.29 is 23.8 Å². The van der Waals surface area contributed by atoms with Gasteiger partial charge in [0, 0.05) is 6.54 Å². The molecule has 0 aliphatic rings. The van der Waals surface area contributed by atoms with Crippen molar-refractivity contribution in [3.05, 3.63) is 53.6 Å². The summed E-state index contributed by atoms with van der Waals surface area (Å²) in [5.74, 6) is 0.751. The fourth-order valence-corrected chi connectivity index (χ4v) is 2.33. The SMILES string of the molecule is COc1ccc(CNC(=O)CNC(=O)c2c(OC)cccc2OC)cc1. The number of benzene rings is 2. The lowest BCUT2D eigenvalue weighted by atomic mass is 10.1. The van der Waals surface area contributed by atoms with Crippen LogP contribution in [0, 0.1) is 0 Å². The Morgan fingerprint density at radius 2 is 1.46 bits per heavy atom. The van der Waals surface area contributed by atoms with Crippen LogP contribution in [0.25, 0.3) is 0 Å². The van der Waals surface area contributed by atoms with Gasteiger partial charge in [0.05, 0.1) is 27.9 Å². The van der Waals surface area contributed by atoms with E-state index >= 15 is 0 Å². The highest BCUT2D eigenvalue weighted by Crippen LogP contribution is 2.27. The van der Waals surface area contributed by atoms with E-state index in [1.807, 2.05) is 24.3 Å². The first kappa shape index (κ1) is 19.1. The summed E-state index contributed by atoms with van der Waals surface area (Å²) in [5, 5.41) is 5.32. The van der Waals surface area contributed by atoms with Crippen molar-refractivity contribution in [3.63, 3.8) is 0 Å². The molecule has 2 aromatic carbocycles. The predicted molar refractivity (Wildman–Crippen MR) is 96.7 cm³/mol. The van der Waals surface area contributed by atoms with Gasteiger partial charge in [0.2, 0.25) is 5.91 Å². The lowest BCUT2D eigenvalue weighted by Gasteiger charge is -2.13. The molecule has 7 heteroatoms. The summed E-state index contributed by atoms with van der Waals surface area (Å²) in [5.41, 5.74) is 1.18. The highest BCUT2D eigenvalue weighted by atomic mass is 16.5. The molecule has 0 aliphatic carbocycles. The van der Waals surface area contributed by atoms with Crippen LogP contribution >= 0.6 is 0 Å². The predicted octanol–water partition coefficient (Wildman–Crippen LogP) is 1.76. The minimum atomic E-state index is -0.445. The molecule has 7 nitrogen and oxygen atoms in total. The van der Waals surface area contributed by atoms with E-state index in [1.54, 1.807) is 25.3 Å². The van der Waals surface area contributed by atoms with Crippen LogP contribution in [0.5, 0.6) is 17.2 Å². The van der Waals surface area contributed by atoms with Gasteiger partial charge in [-0.2, -0.15) is 0 Å². The average Bonchev–Trinajstić information content (AvgIpc) is 2.69. The van der Waals surface area contributed by atoms with Gasteiger partial charge in [-0.1, -0.05) is 18.2 Å². The number of ether oxygens (including phenoxy) is 3. The van der Waals surface area contributed by atoms with Crippen LogP contribution in [0.15, 0.2) is 42.5 Å². The van der Waals surface area contributed by atoms with Crippen LogP contribution in [0.1, 0.15) is 15.9 Å². The van der Waals surface area contributed by atoms with E-state index in [2.05, 4.69) is 10.6 Å². The molecular weight excluding hydrogens is 336 g/mol. The first-order valence-electron chi connectivity index (χ1n) is 7.97. The molecule has 0 aromatic heterocycles. The van der Waals surface area contributed by atoms with Gasteiger partial charge in [-0.3, -0.25) is 9.59 Å². The van der Waals surface area contributed by atoms with Gasteiger partial charge in [0.25, 0.3) is 5.91 Å². The maximum absolute atomic E-state index is 12.4. The summed E-state index contributed by atoms with van der Waals surface area (Å²) in [6, 6.07) is 12.4. The van der Waals surface area contributed by atoms with Gasteiger partial charge >= 0.3 is 0 Å². The summed E-state index contributed by atoms with van der Waals surface area (Å²) in [6.07, 6.45) is 0. The number of carbonyl (C=O) groups is 2. The normalized spacial score (nSPS) is 9.96. The Kier molecular flexibility index (Phi) is 6.84. The van der Waals surface area contributed by atoms with Crippen molar-refractivity contribution in [3.8, 4) is 17.2 Å². The number of hydrogen-bond acceptors (Lipinski definition) is 5. The summed E-state index contributed by atoms with van der Waals surface area (Å²) in [4.78, 5) is 24.4. The number of rotatable bonds is 8. The number of amides is 2. The summed E-state index contributed by atoms with van der Waals surface area (Å²) < 4.78 is 15.5. The van der Waals surface area contributed by atoms with Crippen molar-refractivity contribution in [2.24, 2.45) is 0 Å². The second-order valence-corrected chi connectivity index (χ2v) is 5.35. The molecule has 0 unspecified atom stereocenters. The summed E-state index contributed by atoms with van der Waals surface area (Å²) >= 11 is 0. The molecule has 0 fully saturated rings. The molecular formula is C19H22N2O5. The van der Waals surface area contributed by atoms with E-state index in [4.69, 9.17) is 14.2 Å². The summed E-state index contributed by atoms with van der Waals surface area (Å²) in [7, 11) is 4.52. The molecule has 0 heterocycles. The zero-order valence-corrected chi connectivity index (χ0v) is 15.0. The lowest BCUT2D eigenvalue weighted by molar-refractivity contribution is -0.120. The van der Waals surface area contributed by atoms with E-state index in [9.17, 15) is 9.59 Å². The molecule has 0 spiro atoms. The Bertz CT molecular complexity index is 737. The Morgan fingerprint density at radius 1 is 0.846 bits per heavy atom. The average molecular weight is 358 g/mol. The van der Waals surface area contributed by atoms with Crippen LogP contribution in [-0.2, 0) is 11.3 Å². The topological polar surface area (TPSA) is 85.9 Å². The quantitative estimate of drug-likeness (QED) is 0.751. The molecule has 0 bridgehead atoms. The third-order valence-electron chi connectivity index (χ3n) is 3.71. The minimum absolute atomic E-state index is 0.157. The van der Waals surface area contributed by atoms with Crippen molar-refractivity contribution in [1.29, 1.82) is 0 Å². The first-order chi connectivity index (χ1) is 12.6. The van der Waals surface area contributed by atoms with E-state index in [-0.39, 0.29) is 18.0 Å². The zero-order valence-electron chi connectivity index (χ0n) is 15.0. The van der Waals surface area contributed by atoms with Crippen LogP contribution in [0.3, 0.4) is 0 Å².